The van der Waals surface area contributed by atoms with Crippen molar-refractivity contribution in [3.05, 3.63) is 29.8 Å². The molecule has 0 aliphatic heterocycles. The maximum Gasteiger partial charge on any atom is 0.256 e. The number of hydrazine groups is 1. The summed E-state index contributed by atoms with van der Waals surface area (Å²) in [5.41, 5.74) is 4.40. The number of benzene rings is 1. The highest BCUT2D eigenvalue weighted by molar-refractivity contribution is 5.84. The predicted octanol–water partition coefficient (Wildman–Crippen LogP) is 1.20. The van der Waals surface area contributed by atoms with Crippen molar-refractivity contribution in [2.45, 2.75) is 26.8 Å². The highest BCUT2D eigenvalue weighted by Gasteiger charge is 2.19. The van der Waals surface area contributed by atoms with Gasteiger partial charge >= 0.3 is 0 Å². The van der Waals surface area contributed by atoms with E-state index in [1.165, 1.54) is 5.56 Å². The largest absolute Gasteiger partial charge is 0.360 e. The number of hydrogen-bond acceptors (Lipinski definition) is 3. The van der Waals surface area contributed by atoms with E-state index in [2.05, 4.69) is 11.5 Å². The van der Waals surface area contributed by atoms with Gasteiger partial charge in [0.15, 0.2) is 0 Å². The van der Waals surface area contributed by atoms with Crippen LogP contribution in [0, 0.1) is 6.92 Å². The highest BCUT2D eigenvalue weighted by Crippen LogP contribution is 2.18. The van der Waals surface area contributed by atoms with Crippen LogP contribution in [-0.2, 0) is 4.79 Å². The van der Waals surface area contributed by atoms with Crippen LogP contribution in [0.15, 0.2) is 24.3 Å². The second-order valence-electron chi connectivity index (χ2n) is 3.81. The van der Waals surface area contributed by atoms with Crippen LogP contribution in [-0.4, -0.2) is 18.5 Å². The molecule has 0 saturated heterocycles. The minimum absolute atomic E-state index is 0.177. The van der Waals surface area contributed by atoms with Crippen molar-refractivity contribution >= 4 is 11.6 Å². The van der Waals surface area contributed by atoms with Crippen LogP contribution in [0.25, 0.3) is 0 Å². The van der Waals surface area contributed by atoms with Crippen molar-refractivity contribution < 1.29 is 4.79 Å². The summed E-state index contributed by atoms with van der Waals surface area (Å²) in [5, 5.41) is 0. The summed E-state index contributed by atoms with van der Waals surface area (Å²) in [6.45, 7) is 6.65. The van der Waals surface area contributed by atoms with Crippen molar-refractivity contribution in [2.24, 2.45) is 5.84 Å². The number of carbonyl (C=O) groups is 1. The fourth-order valence-electron chi connectivity index (χ4n) is 1.75. The van der Waals surface area contributed by atoms with E-state index in [1.807, 2.05) is 43.9 Å². The van der Waals surface area contributed by atoms with Gasteiger partial charge in [0.25, 0.3) is 5.91 Å². The van der Waals surface area contributed by atoms with Gasteiger partial charge < -0.3 is 4.90 Å². The van der Waals surface area contributed by atoms with Crippen LogP contribution in [0.3, 0.4) is 0 Å². The van der Waals surface area contributed by atoms with Crippen LogP contribution in [0.2, 0.25) is 0 Å². The Bertz CT molecular complexity index is 365. The Hall–Kier alpha value is -1.55. The number of carbonyl (C=O) groups excluding carboxylic acids is 1. The Morgan fingerprint density at radius 1 is 1.56 bits per heavy atom. The number of nitrogens with one attached hydrogen (secondary N) is 1. The Balaban J connectivity index is 2.94. The molecule has 0 fully saturated rings. The average Bonchev–Trinajstić information content (AvgIpc) is 2.29. The Morgan fingerprint density at radius 2 is 2.25 bits per heavy atom. The molecule has 4 heteroatoms. The average molecular weight is 221 g/mol. The third-order valence-corrected chi connectivity index (χ3v) is 2.66. The van der Waals surface area contributed by atoms with Gasteiger partial charge in [0.2, 0.25) is 0 Å². The van der Waals surface area contributed by atoms with E-state index in [0.717, 1.165) is 12.2 Å². The van der Waals surface area contributed by atoms with Gasteiger partial charge in [-0.25, -0.2) is 5.84 Å². The monoisotopic (exact) mass is 221 g/mol. The molecule has 88 valence electrons. The van der Waals surface area contributed by atoms with E-state index < -0.39 is 0 Å². The van der Waals surface area contributed by atoms with Gasteiger partial charge in [0.1, 0.15) is 6.04 Å². The van der Waals surface area contributed by atoms with Gasteiger partial charge in [-0.3, -0.25) is 10.2 Å². The van der Waals surface area contributed by atoms with Crippen LogP contribution < -0.4 is 16.2 Å². The van der Waals surface area contributed by atoms with Gasteiger partial charge in [-0.15, -0.1) is 0 Å². The molecule has 0 aromatic heterocycles. The van der Waals surface area contributed by atoms with Crippen LogP contribution in [0.5, 0.6) is 0 Å². The molecule has 3 N–H and O–H groups in total. The van der Waals surface area contributed by atoms with E-state index in [4.69, 9.17) is 5.84 Å². The number of nitrogens with zero attached hydrogens (tertiary/aromatic N) is 1. The van der Waals surface area contributed by atoms with Gasteiger partial charge in [-0.2, -0.15) is 0 Å². The number of rotatable bonds is 4. The van der Waals surface area contributed by atoms with Gasteiger partial charge in [-0.1, -0.05) is 12.1 Å². The molecule has 0 saturated carbocycles. The molecule has 1 atom stereocenters. The van der Waals surface area contributed by atoms with Crippen LogP contribution in [0.4, 0.5) is 5.69 Å². The maximum absolute atomic E-state index is 11.5. The number of anilines is 1. The smallest absolute Gasteiger partial charge is 0.256 e. The molecular formula is C12H19N3O. The Labute approximate surface area is 96.4 Å². The Kier molecular flexibility index (Phi) is 4.31. The molecule has 1 unspecified atom stereocenters. The molecule has 1 amide bonds. The predicted molar refractivity (Wildman–Crippen MR) is 66.0 cm³/mol. The van der Waals surface area contributed by atoms with Crippen LogP contribution >= 0.6 is 0 Å². The number of hydrogen-bond donors (Lipinski definition) is 2. The molecule has 0 radical (unpaired) electrons. The quantitative estimate of drug-likeness (QED) is 0.456. The third kappa shape index (κ3) is 2.73. The van der Waals surface area contributed by atoms with E-state index in [0.29, 0.717) is 0 Å². The van der Waals surface area contributed by atoms with Crippen LogP contribution in [0.1, 0.15) is 19.4 Å². The van der Waals surface area contributed by atoms with E-state index in [-0.39, 0.29) is 11.9 Å². The lowest BCUT2D eigenvalue weighted by atomic mass is 10.1. The SMILES string of the molecule is CCN(c1cccc(C)c1)C(C)C(=O)NN. The fraction of sp³-hybridized carbons (Fsp3) is 0.417. The summed E-state index contributed by atoms with van der Waals surface area (Å²) in [5.74, 6) is 4.97. The first-order valence-electron chi connectivity index (χ1n) is 5.44. The summed E-state index contributed by atoms with van der Waals surface area (Å²) in [7, 11) is 0. The molecule has 0 bridgehead atoms. The molecular weight excluding hydrogens is 202 g/mol. The second-order valence-corrected chi connectivity index (χ2v) is 3.81. The number of amides is 1. The molecule has 0 heterocycles. The maximum atomic E-state index is 11.5. The van der Waals surface area contributed by atoms with E-state index in [1.54, 1.807) is 0 Å². The lowest BCUT2D eigenvalue weighted by Gasteiger charge is -2.28. The molecule has 0 aliphatic carbocycles. The first-order valence-corrected chi connectivity index (χ1v) is 5.44. The summed E-state index contributed by atoms with van der Waals surface area (Å²) in [6.07, 6.45) is 0. The van der Waals surface area contributed by atoms with Gasteiger partial charge in [-0.05, 0) is 38.5 Å². The van der Waals surface area contributed by atoms with Gasteiger partial charge in [0.05, 0.1) is 0 Å². The second kappa shape index (κ2) is 5.51. The molecule has 0 aliphatic rings. The van der Waals surface area contributed by atoms with Crippen molar-refractivity contribution in [2.75, 3.05) is 11.4 Å². The van der Waals surface area contributed by atoms with Gasteiger partial charge in [0, 0.05) is 12.2 Å². The minimum Gasteiger partial charge on any atom is -0.360 e. The van der Waals surface area contributed by atoms with E-state index >= 15 is 0 Å². The lowest BCUT2D eigenvalue weighted by molar-refractivity contribution is -0.122. The lowest BCUT2D eigenvalue weighted by Crippen LogP contribution is -2.47. The molecule has 16 heavy (non-hydrogen) atoms. The van der Waals surface area contributed by atoms with E-state index in [9.17, 15) is 4.79 Å². The minimum atomic E-state index is -0.267. The molecule has 1 rings (SSSR count). The third-order valence-electron chi connectivity index (χ3n) is 2.66. The number of likely N-dealkylation sites (N-methyl/N-ethyl adjacent to an activating group) is 1. The molecule has 1 aromatic rings. The molecule has 4 nitrogen and oxygen atoms in total. The highest BCUT2D eigenvalue weighted by atomic mass is 16.2. The first kappa shape index (κ1) is 12.5. The first-order chi connectivity index (χ1) is 7.60. The zero-order valence-electron chi connectivity index (χ0n) is 10.0. The molecule has 1 aromatic carbocycles. The standard InChI is InChI=1S/C12H19N3O/c1-4-15(10(3)12(16)14-13)11-7-5-6-9(2)8-11/h5-8,10H,4,13H2,1-3H3,(H,14,16). The van der Waals surface area contributed by atoms with Crippen molar-refractivity contribution in [3.8, 4) is 0 Å². The number of aryl methyl sites for hydroxylation is 1. The Morgan fingerprint density at radius 3 is 2.75 bits per heavy atom. The fourth-order valence-corrected chi connectivity index (χ4v) is 1.75. The summed E-state index contributed by atoms with van der Waals surface area (Å²) >= 11 is 0. The van der Waals surface area contributed by atoms with Crippen molar-refractivity contribution in [1.29, 1.82) is 0 Å². The van der Waals surface area contributed by atoms with Crippen molar-refractivity contribution in [3.63, 3.8) is 0 Å². The zero-order chi connectivity index (χ0) is 12.1. The summed E-state index contributed by atoms with van der Waals surface area (Å²) in [6, 6.07) is 7.81. The zero-order valence-corrected chi connectivity index (χ0v) is 10.0. The normalized spacial score (nSPS) is 12.0. The van der Waals surface area contributed by atoms with Crippen molar-refractivity contribution in [1.82, 2.24) is 5.43 Å². The molecule has 0 spiro atoms. The number of nitrogens with two attached hydrogens (primary N) is 1. The topological polar surface area (TPSA) is 58.4 Å². The summed E-state index contributed by atoms with van der Waals surface area (Å²) < 4.78 is 0. The summed E-state index contributed by atoms with van der Waals surface area (Å²) in [4.78, 5) is 13.5.